The van der Waals surface area contributed by atoms with Gasteiger partial charge in [0.1, 0.15) is 5.41 Å². The molecule has 0 bridgehead atoms. The minimum Gasteiger partial charge on any atom is -0.481 e. The summed E-state index contributed by atoms with van der Waals surface area (Å²) in [5.41, 5.74) is 1.79. The van der Waals surface area contributed by atoms with E-state index in [2.05, 4.69) is 9.97 Å². The van der Waals surface area contributed by atoms with Crippen LogP contribution in [0.25, 0.3) is 0 Å². The molecule has 1 saturated heterocycles. The summed E-state index contributed by atoms with van der Waals surface area (Å²) in [5, 5.41) is 10.2. The van der Waals surface area contributed by atoms with Crippen molar-refractivity contribution in [2.24, 2.45) is 5.41 Å². The lowest BCUT2D eigenvalue weighted by Gasteiger charge is -2.24. The lowest BCUT2D eigenvalue weighted by molar-refractivity contribution is -0.151. The summed E-state index contributed by atoms with van der Waals surface area (Å²) in [5.74, 6) is -0.940. The number of carbonyl (C=O) groups is 2. The van der Waals surface area contributed by atoms with Crippen molar-refractivity contribution in [2.45, 2.75) is 38.3 Å². The number of nitrogens with zero attached hydrogens (tertiary/aromatic N) is 3. The number of carbonyl (C=O) groups excluding carboxylic acids is 1. The van der Waals surface area contributed by atoms with Crippen LogP contribution < -0.4 is 0 Å². The van der Waals surface area contributed by atoms with Crippen LogP contribution in [0.2, 0.25) is 0 Å². The lowest BCUT2D eigenvalue weighted by Crippen LogP contribution is -2.40. The molecule has 0 saturated carbocycles. The molecule has 1 amide bonds. The number of ether oxygens (including phenoxy) is 1. The van der Waals surface area contributed by atoms with Gasteiger partial charge in [-0.2, -0.15) is 0 Å². The number of likely N-dealkylation sites (tertiary alicyclic amines) is 1. The zero-order valence-corrected chi connectivity index (χ0v) is 16.0. The number of amides is 1. The van der Waals surface area contributed by atoms with E-state index in [1.165, 1.54) is 18.9 Å². The molecule has 8 heteroatoms. The van der Waals surface area contributed by atoms with Gasteiger partial charge in [0.05, 0.1) is 6.61 Å². The quantitative estimate of drug-likeness (QED) is 0.579. The first-order valence-corrected chi connectivity index (χ1v) is 9.43. The standard InChI is InChI=1S/C17H25N3O4S/c1-11-13(12(2)19-16(18-11)25-4)5-6-14(21)20-8-7-17(9-20,10-24-3)15(22)23/h5-10H2,1-4H3,(H,22,23). The summed E-state index contributed by atoms with van der Waals surface area (Å²) in [6.45, 7) is 4.63. The fourth-order valence-electron chi connectivity index (χ4n) is 3.27. The molecule has 0 aliphatic carbocycles. The van der Waals surface area contributed by atoms with E-state index >= 15 is 0 Å². The van der Waals surface area contributed by atoms with E-state index in [0.717, 1.165) is 22.1 Å². The number of rotatable bonds is 7. The van der Waals surface area contributed by atoms with Crippen LogP contribution in [-0.2, 0) is 20.7 Å². The van der Waals surface area contributed by atoms with Crippen LogP contribution in [-0.4, -0.2) is 64.9 Å². The van der Waals surface area contributed by atoms with Crippen molar-refractivity contribution in [3.8, 4) is 0 Å². The smallest absolute Gasteiger partial charge is 0.313 e. The first-order valence-electron chi connectivity index (χ1n) is 8.21. The predicted octanol–water partition coefficient (Wildman–Crippen LogP) is 1.70. The number of thioether (sulfide) groups is 1. The molecule has 1 atom stereocenters. The van der Waals surface area contributed by atoms with Gasteiger partial charge < -0.3 is 14.7 Å². The van der Waals surface area contributed by atoms with Crippen LogP contribution in [0.5, 0.6) is 0 Å². The van der Waals surface area contributed by atoms with Gasteiger partial charge >= 0.3 is 5.97 Å². The van der Waals surface area contributed by atoms with Gasteiger partial charge in [-0.25, -0.2) is 9.97 Å². The highest BCUT2D eigenvalue weighted by Gasteiger charge is 2.46. The zero-order valence-electron chi connectivity index (χ0n) is 15.2. The van der Waals surface area contributed by atoms with Gasteiger partial charge in [-0.1, -0.05) is 11.8 Å². The molecule has 0 spiro atoms. The molecule has 1 unspecified atom stereocenters. The Morgan fingerprint density at radius 1 is 1.32 bits per heavy atom. The molecule has 1 aliphatic heterocycles. The molecule has 0 aromatic carbocycles. The van der Waals surface area contributed by atoms with Crippen molar-refractivity contribution in [1.29, 1.82) is 0 Å². The van der Waals surface area contributed by atoms with Gasteiger partial charge in [0.25, 0.3) is 0 Å². The van der Waals surface area contributed by atoms with Crippen molar-refractivity contribution < 1.29 is 19.4 Å². The lowest BCUT2D eigenvalue weighted by atomic mass is 9.88. The molecule has 25 heavy (non-hydrogen) atoms. The number of aliphatic carboxylic acids is 1. The van der Waals surface area contributed by atoms with Gasteiger partial charge in [0.15, 0.2) is 5.16 Å². The summed E-state index contributed by atoms with van der Waals surface area (Å²) in [6.07, 6.45) is 3.24. The van der Waals surface area contributed by atoms with E-state index < -0.39 is 11.4 Å². The Hall–Kier alpha value is -1.67. The SMILES string of the molecule is COCC1(C(=O)O)CCN(C(=O)CCc2c(C)nc(SC)nc2C)C1. The molecule has 1 aromatic heterocycles. The molecule has 1 fully saturated rings. The molecule has 7 nitrogen and oxygen atoms in total. The maximum atomic E-state index is 12.5. The molecule has 1 aromatic rings. The highest BCUT2D eigenvalue weighted by atomic mass is 32.2. The number of hydrogen-bond acceptors (Lipinski definition) is 6. The third-order valence-corrected chi connectivity index (χ3v) is 5.30. The van der Waals surface area contributed by atoms with E-state index in [4.69, 9.17) is 4.74 Å². The van der Waals surface area contributed by atoms with Crippen LogP contribution in [0.4, 0.5) is 0 Å². The fraction of sp³-hybridized carbons (Fsp3) is 0.647. The van der Waals surface area contributed by atoms with Crippen molar-refractivity contribution in [3.63, 3.8) is 0 Å². The van der Waals surface area contributed by atoms with E-state index in [1.807, 2.05) is 20.1 Å². The van der Waals surface area contributed by atoms with E-state index in [-0.39, 0.29) is 19.1 Å². The molecule has 138 valence electrons. The Bertz CT molecular complexity index is 644. The van der Waals surface area contributed by atoms with E-state index in [9.17, 15) is 14.7 Å². The van der Waals surface area contributed by atoms with Gasteiger partial charge in [0.2, 0.25) is 5.91 Å². The third kappa shape index (κ3) is 4.30. The van der Waals surface area contributed by atoms with Crippen LogP contribution in [0.3, 0.4) is 0 Å². The number of methoxy groups -OCH3 is 1. The average Bonchev–Trinajstić information content (AvgIpc) is 2.99. The summed E-state index contributed by atoms with van der Waals surface area (Å²) in [7, 11) is 1.49. The molecular weight excluding hydrogens is 342 g/mol. The minimum atomic E-state index is -0.987. The topological polar surface area (TPSA) is 92.6 Å². The number of aromatic nitrogens is 2. The number of aryl methyl sites for hydroxylation is 2. The number of carboxylic acid groups (broad SMARTS) is 1. The van der Waals surface area contributed by atoms with Crippen LogP contribution in [0.1, 0.15) is 29.8 Å². The molecular formula is C17H25N3O4S. The van der Waals surface area contributed by atoms with Crippen molar-refractivity contribution in [2.75, 3.05) is 33.1 Å². The second kappa shape index (κ2) is 8.14. The predicted molar refractivity (Wildman–Crippen MR) is 94.7 cm³/mol. The normalized spacial score (nSPS) is 20.1. The number of hydrogen-bond donors (Lipinski definition) is 1. The van der Waals surface area contributed by atoms with Gasteiger partial charge in [0, 0.05) is 38.0 Å². The largest absolute Gasteiger partial charge is 0.481 e. The molecule has 0 radical (unpaired) electrons. The van der Waals surface area contributed by atoms with Gasteiger partial charge in [-0.3, -0.25) is 9.59 Å². The Labute approximate surface area is 152 Å². The van der Waals surface area contributed by atoms with Gasteiger partial charge in [-0.05, 0) is 38.5 Å². The molecule has 1 N–H and O–H groups in total. The minimum absolute atomic E-state index is 0.0352. The summed E-state index contributed by atoms with van der Waals surface area (Å²) in [6, 6.07) is 0. The van der Waals surface area contributed by atoms with Crippen molar-refractivity contribution in [1.82, 2.24) is 14.9 Å². The second-order valence-corrected chi connectivity index (χ2v) is 7.22. The van der Waals surface area contributed by atoms with E-state index in [1.54, 1.807) is 4.90 Å². The van der Waals surface area contributed by atoms with Crippen LogP contribution in [0, 0.1) is 19.3 Å². The highest BCUT2D eigenvalue weighted by molar-refractivity contribution is 7.98. The Morgan fingerprint density at radius 3 is 2.48 bits per heavy atom. The fourth-order valence-corrected chi connectivity index (χ4v) is 3.72. The summed E-state index contributed by atoms with van der Waals surface area (Å²) < 4.78 is 5.06. The summed E-state index contributed by atoms with van der Waals surface area (Å²) in [4.78, 5) is 34.6. The first kappa shape index (κ1) is 19.7. The zero-order chi connectivity index (χ0) is 18.6. The Balaban J connectivity index is 2.01. The molecule has 2 rings (SSSR count). The third-order valence-electron chi connectivity index (χ3n) is 4.75. The Kier molecular flexibility index (Phi) is 6.40. The first-order chi connectivity index (χ1) is 11.8. The van der Waals surface area contributed by atoms with Crippen LogP contribution >= 0.6 is 11.8 Å². The van der Waals surface area contributed by atoms with Crippen LogP contribution in [0.15, 0.2) is 5.16 Å². The molecule has 1 aliphatic rings. The highest BCUT2D eigenvalue weighted by Crippen LogP contribution is 2.32. The number of carboxylic acids is 1. The van der Waals surface area contributed by atoms with Crippen molar-refractivity contribution in [3.05, 3.63) is 17.0 Å². The maximum absolute atomic E-state index is 12.5. The monoisotopic (exact) mass is 367 g/mol. The Morgan fingerprint density at radius 2 is 1.96 bits per heavy atom. The second-order valence-electron chi connectivity index (χ2n) is 6.44. The van der Waals surface area contributed by atoms with E-state index in [0.29, 0.717) is 25.8 Å². The molecule has 2 heterocycles. The average molecular weight is 367 g/mol. The van der Waals surface area contributed by atoms with Gasteiger partial charge in [-0.15, -0.1) is 0 Å². The summed E-state index contributed by atoms with van der Waals surface area (Å²) >= 11 is 1.49. The van der Waals surface area contributed by atoms with Crippen molar-refractivity contribution >= 4 is 23.6 Å². The maximum Gasteiger partial charge on any atom is 0.313 e.